The third kappa shape index (κ3) is 3.45. The smallest absolute Gasteiger partial charge is 0.220 e. The van der Waals surface area contributed by atoms with Gasteiger partial charge in [0.2, 0.25) is 5.91 Å². The van der Waals surface area contributed by atoms with E-state index in [1.54, 1.807) is 0 Å². The predicted octanol–water partition coefficient (Wildman–Crippen LogP) is 0.269. The second-order valence-electron chi connectivity index (χ2n) is 3.55. The van der Waals surface area contributed by atoms with Crippen LogP contribution in [0.25, 0.3) is 0 Å². The summed E-state index contributed by atoms with van der Waals surface area (Å²) in [5.74, 6) is -0.456. The molecule has 1 atom stereocenters. The third-order valence-electron chi connectivity index (χ3n) is 1.39. The number of primary amides is 1. The molecule has 10 heavy (non-hydrogen) atoms. The van der Waals surface area contributed by atoms with Crippen LogP contribution in [0.15, 0.2) is 0 Å². The lowest BCUT2D eigenvalue weighted by atomic mass is 9.87. The number of hydrogen-bond donors (Lipinski definition) is 2. The Morgan fingerprint density at radius 1 is 1.60 bits per heavy atom. The zero-order valence-electron chi connectivity index (χ0n) is 6.72. The highest BCUT2D eigenvalue weighted by atomic mass is 16.3. The first-order valence-corrected chi connectivity index (χ1v) is 3.30. The summed E-state index contributed by atoms with van der Waals surface area (Å²) in [4.78, 5) is 10.3. The lowest BCUT2D eigenvalue weighted by Crippen LogP contribution is -2.30. The van der Waals surface area contributed by atoms with Gasteiger partial charge in [0, 0.05) is 0 Å². The van der Waals surface area contributed by atoms with E-state index in [2.05, 4.69) is 0 Å². The zero-order valence-corrected chi connectivity index (χ0v) is 6.72. The van der Waals surface area contributed by atoms with E-state index in [0.717, 1.165) is 0 Å². The van der Waals surface area contributed by atoms with Crippen molar-refractivity contribution in [2.45, 2.75) is 33.3 Å². The van der Waals surface area contributed by atoms with Crippen molar-refractivity contribution in [1.82, 2.24) is 0 Å². The number of aliphatic hydroxyl groups is 1. The second kappa shape index (κ2) is 3.01. The fourth-order valence-electron chi connectivity index (χ4n) is 0.497. The molecule has 0 aliphatic rings. The first-order chi connectivity index (χ1) is 4.34. The van der Waals surface area contributed by atoms with Crippen LogP contribution < -0.4 is 5.73 Å². The van der Waals surface area contributed by atoms with E-state index in [1.165, 1.54) is 0 Å². The summed E-state index contributed by atoms with van der Waals surface area (Å²) in [6.07, 6.45) is -0.589. The molecule has 0 aliphatic carbocycles. The van der Waals surface area contributed by atoms with Crippen molar-refractivity contribution >= 4 is 5.91 Å². The van der Waals surface area contributed by atoms with Gasteiger partial charge in [-0.05, 0) is 5.41 Å². The summed E-state index contributed by atoms with van der Waals surface area (Å²) in [5.41, 5.74) is 4.64. The molecule has 0 rings (SSSR count). The van der Waals surface area contributed by atoms with Gasteiger partial charge in [0.25, 0.3) is 0 Å². The monoisotopic (exact) mass is 145 g/mol. The van der Waals surface area contributed by atoms with Crippen molar-refractivity contribution in [1.29, 1.82) is 0 Å². The number of aliphatic hydroxyl groups excluding tert-OH is 1. The number of rotatable bonds is 2. The predicted molar refractivity (Wildman–Crippen MR) is 39.3 cm³/mol. The normalized spacial score (nSPS) is 14.8. The van der Waals surface area contributed by atoms with Crippen molar-refractivity contribution in [2.75, 3.05) is 0 Å². The van der Waals surface area contributed by atoms with Crippen molar-refractivity contribution < 1.29 is 9.90 Å². The molecular weight excluding hydrogens is 130 g/mol. The van der Waals surface area contributed by atoms with E-state index in [9.17, 15) is 9.90 Å². The van der Waals surface area contributed by atoms with Gasteiger partial charge in [0.15, 0.2) is 0 Å². The summed E-state index contributed by atoms with van der Waals surface area (Å²) in [6.45, 7) is 5.59. The van der Waals surface area contributed by atoms with E-state index in [4.69, 9.17) is 5.73 Å². The maximum absolute atomic E-state index is 10.3. The Kier molecular flexibility index (Phi) is 2.84. The number of hydrogen-bond acceptors (Lipinski definition) is 2. The standard InChI is InChI=1S/C7H15NO2/c1-7(2,3)5(9)4-6(8)10/h5,9H,4H2,1-3H3,(H2,8,10). The molecular formula is C7H15NO2. The summed E-state index contributed by atoms with van der Waals surface area (Å²) >= 11 is 0. The zero-order chi connectivity index (χ0) is 8.36. The van der Waals surface area contributed by atoms with Crippen LogP contribution in [-0.2, 0) is 4.79 Å². The van der Waals surface area contributed by atoms with Gasteiger partial charge in [-0.3, -0.25) is 4.79 Å². The highest BCUT2D eigenvalue weighted by Crippen LogP contribution is 2.20. The van der Waals surface area contributed by atoms with Crippen molar-refractivity contribution in [3.05, 3.63) is 0 Å². The largest absolute Gasteiger partial charge is 0.392 e. The van der Waals surface area contributed by atoms with E-state index < -0.39 is 12.0 Å². The number of carbonyl (C=O) groups excluding carboxylic acids is 1. The number of nitrogens with two attached hydrogens (primary N) is 1. The highest BCUT2D eigenvalue weighted by molar-refractivity contribution is 5.74. The molecule has 3 nitrogen and oxygen atoms in total. The Hall–Kier alpha value is -0.570. The van der Waals surface area contributed by atoms with E-state index in [-0.39, 0.29) is 11.8 Å². The van der Waals surface area contributed by atoms with Gasteiger partial charge in [-0.1, -0.05) is 20.8 Å². The molecule has 0 saturated heterocycles. The highest BCUT2D eigenvalue weighted by Gasteiger charge is 2.23. The van der Waals surface area contributed by atoms with Gasteiger partial charge in [0.1, 0.15) is 0 Å². The molecule has 0 aromatic rings. The second-order valence-corrected chi connectivity index (χ2v) is 3.55. The van der Waals surface area contributed by atoms with E-state index >= 15 is 0 Å². The fraction of sp³-hybridized carbons (Fsp3) is 0.857. The Morgan fingerprint density at radius 2 is 2.00 bits per heavy atom. The Balaban J connectivity index is 3.85. The first kappa shape index (κ1) is 9.43. The van der Waals surface area contributed by atoms with Crippen LogP contribution in [0.1, 0.15) is 27.2 Å². The number of carbonyl (C=O) groups is 1. The van der Waals surface area contributed by atoms with Gasteiger partial charge >= 0.3 is 0 Å². The van der Waals surface area contributed by atoms with Crippen molar-refractivity contribution in [3.63, 3.8) is 0 Å². The van der Waals surface area contributed by atoms with Crippen LogP contribution in [-0.4, -0.2) is 17.1 Å². The molecule has 0 saturated carbocycles. The molecule has 0 fully saturated rings. The molecule has 0 bridgehead atoms. The molecule has 1 amide bonds. The van der Waals surface area contributed by atoms with Crippen LogP contribution in [0.3, 0.4) is 0 Å². The third-order valence-corrected chi connectivity index (χ3v) is 1.39. The van der Waals surface area contributed by atoms with Crippen molar-refractivity contribution in [3.8, 4) is 0 Å². The lowest BCUT2D eigenvalue weighted by molar-refractivity contribution is -0.121. The van der Waals surface area contributed by atoms with Crippen LogP contribution in [0.2, 0.25) is 0 Å². The topological polar surface area (TPSA) is 63.3 Å². The summed E-state index contributed by atoms with van der Waals surface area (Å²) in [6, 6.07) is 0. The van der Waals surface area contributed by atoms with Crippen LogP contribution in [0.4, 0.5) is 0 Å². The van der Waals surface area contributed by atoms with Gasteiger partial charge in [-0.15, -0.1) is 0 Å². The van der Waals surface area contributed by atoms with Crippen LogP contribution >= 0.6 is 0 Å². The Labute approximate surface area is 61.2 Å². The minimum absolute atomic E-state index is 0.0451. The Morgan fingerprint density at radius 3 is 2.10 bits per heavy atom. The average molecular weight is 145 g/mol. The minimum atomic E-state index is -0.634. The molecule has 3 heteroatoms. The summed E-state index contributed by atoms with van der Waals surface area (Å²) in [7, 11) is 0. The van der Waals surface area contributed by atoms with Gasteiger partial charge in [-0.25, -0.2) is 0 Å². The van der Waals surface area contributed by atoms with Gasteiger partial charge in [-0.2, -0.15) is 0 Å². The molecule has 3 N–H and O–H groups in total. The van der Waals surface area contributed by atoms with E-state index in [0.29, 0.717) is 0 Å². The average Bonchev–Trinajstić information content (AvgIpc) is 1.60. The van der Waals surface area contributed by atoms with Gasteiger partial charge < -0.3 is 10.8 Å². The maximum Gasteiger partial charge on any atom is 0.220 e. The molecule has 0 aromatic carbocycles. The minimum Gasteiger partial charge on any atom is -0.392 e. The van der Waals surface area contributed by atoms with Gasteiger partial charge in [0.05, 0.1) is 12.5 Å². The van der Waals surface area contributed by atoms with E-state index in [1.807, 2.05) is 20.8 Å². The Bertz CT molecular complexity index is 126. The first-order valence-electron chi connectivity index (χ1n) is 3.30. The summed E-state index contributed by atoms with van der Waals surface area (Å²) in [5, 5.41) is 9.26. The molecule has 0 aromatic heterocycles. The molecule has 60 valence electrons. The number of amides is 1. The fourth-order valence-corrected chi connectivity index (χ4v) is 0.497. The molecule has 1 unspecified atom stereocenters. The molecule has 0 aliphatic heterocycles. The maximum atomic E-state index is 10.3. The quantitative estimate of drug-likeness (QED) is 0.585. The lowest BCUT2D eigenvalue weighted by Gasteiger charge is -2.24. The van der Waals surface area contributed by atoms with Crippen molar-refractivity contribution in [2.24, 2.45) is 11.1 Å². The molecule has 0 radical (unpaired) electrons. The molecule has 0 heterocycles. The van der Waals surface area contributed by atoms with Crippen LogP contribution in [0.5, 0.6) is 0 Å². The SMILES string of the molecule is CC(C)(C)C(O)CC(N)=O. The summed E-state index contributed by atoms with van der Waals surface area (Å²) < 4.78 is 0. The van der Waals surface area contributed by atoms with Crippen LogP contribution in [0, 0.1) is 5.41 Å². The molecule has 0 spiro atoms.